The topological polar surface area (TPSA) is 59.6 Å². The lowest BCUT2D eigenvalue weighted by Gasteiger charge is -2.40. The Balaban J connectivity index is 1.52. The van der Waals surface area contributed by atoms with Gasteiger partial charge in [0.25, 0.3) is 0 Å². The summed E-state index contributed by atoms with van der Waals surface area (Å²) in [6, 6.07) is 8.07. The molecule has 2 atom stereocenters. The molecule has 2 aliphatic rings. The van der Waals surface area contributed by atoms with Gasteiger partial charge in [0.05, 0.1) is 24.2 Å². The maximum Gasteiger partial charge on any atom is 0.329 e. The summed E-state index contributed by atoms with van der Waals surface area (Å²) in [4.78, 5) is 16.0. The van der Waals surface area contributed by atoms with Crippen LogP contribution in [-0.2, 0) is 11.3 Å². The van der Waals surface area contributed by atoms with Gasteiger partial charge in [0, 0.05) is 45.3 Å². The lowest BCUT2D eigenvalue weighted by molar-refractivity contribution is 0.0645. The molecule has 0 radical (unpaired) electrons. The van der Waals surface area contributed by atoms with Gasteiger partial charge in [0.15, 0.2) is 0 Å². The number of para-hydroxylation sites is 2. The number of hydrogen-bond acceptors (Lipinski definition) is 4. The molecule has 2 heterocycles. The summed E-state index contributed by atoms with van der Waals surface area (Å²) >= 11 is 0. The van der Waals surface area contributed by atoms with Gasteiger partial charge in [-0.25, -0.2) is 4.79 Å². The molecule has 1 saturated carbocycles. The number of aliphatic hydroxyl groups excluding tert-OH is 1. The predicted molar refractivity (Wildman–Crippen MR) is 125 cm³/mol. The molecule has 2 unspecified atom stereocenters. The maximum absolute atomic E-state index is 13.4. The van der Waals surface area contributed by atoms with Crippen LogP contribution in [0.2, 0.25) is 0 Å². The molecule has 2 fully saturated rings. The van der Waals surface area contributed by atoms with Gasteiger partial charge in [-0.15, -0.1) is 0 Å². The maximum atomic E-state index is 13.4. The summed E-state index contributed by atoms with van der Waals surface area (Å²) in [6.45, 7) is 4.21. The van der Waals surface area contributed by atoms with Crippen molar-refractivity contribution >= 4 is 11.0 Å². The van der Waals surface area contributed by atoms with E-state index in [2.05, 4.69) is 4.90 Å². The molecule has 6 heteroatoms. The van der Waals surface area contributed by atoms with Crippen LogP contribution in [0.15, 0.2) is 29.1 Å². The number of rotatable bonds is 7. The molecule has 4 rings (SSSR count). The van der Waals surface area contributed by atoms with Crippen molar-refractivity contribution in [3.63, 3.8) is 0 Å². The number of aliphatic hydroxyl groups is 1. The van der Waals surface area contributed by atoms with Gasteiger partial charge < -0.3 is 14.7 Å². The zero-order chi connectivity index (χ0) is 21.6. The molecule has 2 aromatic rings. The largest absolute Gasteiger partial charge is 0.396 e. The summed E-state index contributed by atoms with van der Waals surface area (Å²) < 4.78 is 9.02. The molecular weight excluding hydrogens is 390 g/mol. The summed E-state index contributed by atoms with van der Waals surface area (Å²) in [7, 11) is 1.66. The minimum atomic E-state index is 0.0233. The fraction of sp³-hybridized carbons (Fsp3) is 0.720. The molecule has 1 aromatic heterocycles. The first-order valence-electron chi connectivity index (χ1n) is 12.2. The molecule has 172 valence electrons. The van der Waals surface area contributed by atoms with Crippen molar-refractivity contribution in [2.75, 3.05) is 40.0 Å². The highest BCUT2D eigenvalue weighted by molar-refractivity contribution is 5.76. The number of benzene rings is 1. The van der Waals surface area contributed by atoms with Gasteiger partial charge in [-0.3, -0.25) is 9.13 Å². The molecule has 0 spiro atoms. The standard InChI is InChI=1S/C25H39N3O3/c1-31-16-15-27-23-11-7-8-12-24(23)28(25(27)30)22-13-14-26(18-21(22)19-29)17-20-9-5-3-2-4-6-10-20/h7-8,11-12,20-22,29H,2-6,9-10,13-19H2,1H3. The molecule has 1 aromatic carbocycles. The fourth-order valence-corrected chi connectivity index (χ4v) is 5.82. The Hall–Kier alpha value is -1.63. The van der Waals surface area contributed by atoms with E-state index in [0.29, 0.717) is 13.2 Å². The van der Waals surface area contributed by atoms with Crippen LogP contribution in [0.4, 0.5) is 0 Å². The molecule has 1 aliphatic heterocycles. The highest BCUT2D eigenvalue weighted by Crippen LogP contribution is 2.32. The van der Waals surface area contributed by atoms with Gasteiger partial charge in [0.1, 0.15) is 0 Å². The van der Waals surface area contributed by atoms with E-state index in [1.165, 1.54) is 44.9 Å². The third kappa shape index (κ3) is 5.07. The minimum Gasteiger partial charge on any atom is -0.396 e. The average Bonchev–Trinajstić information content (AvgIpc) is 3.05. The molecule has 6 nitrogen and oxygen atoms in total. The Morgan fingerprint density at radius 3 is 2.45 bits per heavy atom. The number of hydrogen-bond donors (Lipinski definition) is 1. The Morgan fingerprint density at radius 2 is 1.74 bits per heavy atom. The average molecular weight is 430 g/mol. The molecule has 0 bridgehead atoms. The first kappa shape index (κ1) is 22.6. The van der Waals surface area contributed by atoms with E-state index in [9.17, 15) is 9.90 Å². The second-order valence-electron chi connectivity index (χ2n) is 9.56. The number of ether oxygens (including phenoxy) is 1. The van der Waals surface area contributed by atoms with Crippen molar-refractivity contribution in [2.24, 2.45) is 11.8 Å². The number of nitrogens with zero attached hydrogens (tertiary/aromatic N) is 3. The lowest BCUT2D eigenvalue weighted by atomic mass is 9.88. The van der Waals surface area contributed by atoms with Gasteiger partial charge in [-0.1, -0.05) is 44.2 Å². The highest BCUT2D eigenvalue weighted by atomic mass is 16.5. The third-order valence-corrected chi connectivity index (χ3v) is 7.47. The number of methoxy groups -OCH3 is 1. The van der Waals surface area contributed by atoms with E-state index in [4.69, 9.17) is 4.74 Å². The van der Waals surface area contributed by atoms with Gasteiger partial charge in [0.2, 0.25) is 0 Å². The zero-order valence-electron chi connectivity index (χ0n) is 19.0. The summed E-state index contributed by atoms with van der Waals surface area (Å²) in [5.74, 6) is 0.872. The second kappa shape index (κ2) is 10.8. The Morgan fingerprint density at radius 1 is 1.03 bits per heavy atom. The van der Waals surface area contributed by atoms with E-state index < -0.39 is 0 Å². The minimum absolute atomic E-state index is 0.0233. The molecule has 1 saturated heterocycles. The Labute approximate surface area is 185 Å². The number of piperidine rings is 1. The van der Waals surface area contributed by atoms with Crippen LogP contribution in [0.5, 0.6) is 0 Å². The Kier molecular flexibility index (Phi) is 7.86. The number of likely N-dealkylation sites (tertiary alicyclic amines) is 1. The number of fused-ring (bicyclic) bond motifs is 1. The second-order valence-corrected chi connectivity index (χ2v) is 9.56. The smallest absolute Gasteiger partial charge is 0.329 e. The third-order valence-electron chi connectivity index (χ3n) is 7.47. The van der Waals surface area contributed by atoms with Crippen molar-refractivity contribution in [2.45, 2.75) is 64.0 Å². The van der Waals surface area contributed by atoms with E-state index in [1.807, 2.05) is 33.4 Å². The molecule has 1 N–H and O–H groups in total. The fourth-order valence-electron chi connectivity index (χ4n) is 5.82. The van der Waals surface area contributed by atoms with Crippen LogP contribution in [0.1, 0.15) is 57.4 Å². The molecule has 1 aliphatic carbocycles. The van der Waals surface area contributed by atoms with Crippen LogP contribution in [0.3, 0.4) is 0 Å². The first-order chi connectivity index (χ1) is 15.2. The van der Waals surface area contributed by atoms with Crippen LogP contribution in [0.25, 0.3) is 11.0 Å². The van der Waals surface area contributed by atoms with Crippen molar-refractivity contribution in [3.05, 3.63) is 34.7 Å². The quantitative estimate of drug-likeness (QED) is 0.730. The number of aromatic nitrogens is 2. The molecule has 31 heavy (non-hydrogen) atoms. The van der Waals surface area contributed by atoms with E-state index in [1.54, 1.807) is 7.11 Å². The van der Waals surface area contributed by atoms with Crippen LogP contribution in [-0.4, -0.2) is 59.1 Å². The zero-order valence-corrected chi connectivity index (χ0v) is 19.0. The summed E-state index contributed by atoms with van der Waals surface area (Å²) in [6.07, 6.45) is 10.5. The van der Waals surface area contributed by atoms with Gasteiger partial charge in [-0.05, 0) is 37.3 Å². The monoisotopic (exact) mass is 429 g/mol. The van der Waals surface area contributed by atoms with Crippen LogP contribution in [0, 0.1) is 11.8 Å². The van der Waals surface area contributed by atoms with Gasteiger partial charge in [-0.2, -0.15) is 0 Å². The van der Waals surface area contributed by atoms with Gasteiger partial charge >= 0.3 is 5.69 Å². The van der Waals surface area contributed by atoms with Crippen LogP contribution >= 0.6 is 0 Å². The normalized spacial score (nSPS) is 24.3. The van der Waals surface area contributed by atoms with Crippen molar-refractivity contribution in [3.8, 4) is 0 Å². The summed E-state index contributed by atoms with van der Waals surface area (Å²) in [5.41, 5.74) is 1.95. The van der Waals surface area contributed by atoms with Crippen LogP contribution < -0.4 is 5.69 Å². The van der Waals surface area contributed by atoms with E-state index >= 15 is 0 Å². The summed E-state index contributed by atoms with van der Waals surface area (Å²) in [5, 5.41) is 10.3. The lowest BCUT2D eigenvalue weighted by Crippen LogP contribution is -2.46. The Bertz CT molecular complexity index is 882. The highest BCUT2D eigenvalue weighted by Gasteiger charge is 2.33. The predicted octanol–water partition coefficient (Wildman–Crippen LogP) is 3.67. The van der Waals surface area contributed by atoms with Crippen molar-refractivity contribution < 1.29 is 9.84 Å². The van der Waals surface area contributed by atoms with E-state index in [0.717, 1.165) is 43.0 Å². The molecular formula is C25H39N3O3. The molecule has 0 amide bonds. The SMILES string of the molecule is COCCn1c(=O)n(C2CCN(CC3CCCCCCC3)CC2CO)c2ccccc21. The van der Waals surface area contributed by atoms with Crippen molar-refractivity contribution in [1.29, 1.82) is 0 Å². The first-order valence-corrected chi connectivity index (χ1v) is 12.2. The van der Waals surface area contributed by atoms with E-state index in [-0.39, 0.29) is 24.3 Å². The number of imidazole rings is 1. The van der Waals surface area contributed by atoms with Crippen molar-refractivity contribution in [1.82, 2.24) is 14.0 Å².